The van der Waals surface area contributed by atoms with Gasteiger partial charge in [0.15, 0.2) is 29.9 Å². The minimum absolute atomic E-state index is 0.0153. The largest absolute Gasteiger partial charge is 0.465 e. The van der Waals surface area contributed by atoms with Gasteiger partial charge >= 0.3 is 6.09 Å². The first-order chi connectivity index (χ1) is 20.8. The molecule has 7 rings (SSSR count). The quantitative estimate of drug-likeness (QED) is 0.326. The van der Waals surface area contributed by atoms with Crippen molar-refractivity contribution < 1.29 is 33.0 Å². The third-order valence-corrected chi connectivity index (χ3v) is 8.49. The predicted octanol–water partition coefficient (Wildman–Crippen LogP) is 1.67. The van der Waals surface area contributed by atoms with Crippen molar-refractivity contribution in [2.24, 2.45) is 11.7 Å². The summed E-state index contributed by atoms with van der Waals surface area (Å²) in [5, 5.41) is 11.6. The zero-order chi connectivity index (χ0) is 30.3. The van der Waals surface area contributed by atoms with Crippen LogP contribution in [0.25, 0.3) is 11.0 Å². The summed E-state index contributed by atoms with van der Waals surface area (Å²) in [5.41, 5.74) is 4.78. The lowest BCUT2D eigenvalue weighted by molar-refractivity contribution is -0.118. The highest BCUT2D eigenvalue weighted by atomic mass is 19.1. The number of benzene rings is 1. The molecule has 0 saturated carbocycles. The van der Waals surface area contributed by atoms with Crippen LogP contribution in [0.3, 0.4) is 0 Å². The number of amides is 2. The fourth-order valence-electron chi connectivity index (χ4n) is 6.42. The minimum atomic E-state index is -0.667. The van der Waals surface area contributed by atoms with Crippen LogP contribution in [-0.2, 0) is 28.8 Å². The Morgan fingerprint density at radius 3 is 2.63 bits per heavy atom. The summed E-state index contributed by atoms with van der Waals surface area (Å²) in [6.07, 6.45) is 3.91. The van der Waals surface area contributed by atoms with Crippen molar-refractivity contribution in [1.29, 1.82) is 0 Å². The lowest BCUT2D eigenvalue weighted by Crippen LogP contribution is -2.48. The van der Waals surface area contributed by atoms with Gasteiger partial charge in [-0.1, -0.05) is 0 Å². The van der Waals surface area contributed by atoms with Gasteiger partial charge in [-0.25, -0.2) is 28.5 Å². The molecule has 2 saturated heterocycles. The summed E-state index contributed by atoms with van der Waals surface area (Å²) in [6, 6.07) is 0. The number of nitrogens with two attached hydrogens (primary N) is 1. The molecule has 230 valence electrons. The number of anilines is 2. The number of hydrogen-bond donors (Lipinski definition) is 4. The summed E-state index contributed by atoms with van der Waals surface area (Å²) in [5.74, 6) is -0.0554. The number of fused-ring (bicyclic) bond motifs is 3. The number of carbonyl (C=O) groups excluding carboxylic acids is 2. The van der Waals surface area contributed by atoms with E-state index in [0.29, 0.717) is 81.7 Å². The maximum absolute atomic E-state index is 15.4. The van der Waals surface area contributed by atoms with E-state index >= 15 is 8.78 Å². The van der Waals surface area contributed by atoms with Gasteiger partial charge in [0.25, 0.3) is 11.8 Å². The molecule has 2 fully saturated rings. The van der Waals surface area contributed by atoms with Gasteiger partial charge in [-0.15, -0.1) is 0 Å². The second kappa shape index (κ2) is 11.6. The molecule has 5 N–H and O–H groups in total. The number of likely N-dealkylation sites (tertiary alicyclic amines) is 1. The Morgan fingerprint density at radius 2 is 1.88 bits per heavy atom. The summed E-state index contributed by atoms with van der Waals surface area (Å²) < 4.78 is 41.8. The number of rotatable bonds is 6. The van der Waals surface area contributed by atoms with Crippen molar-refractivity contribution in [3.05, 3.63) is 34.8 Å². The molecule has 1 aliphatic carbocycles. The molecule has 13 nitrogen and oxygen atoms in total. The van der Waals surface area contributed by atoms with Crippen LogP contribution in [0, 0.1) is 17.6 Å². The average Bonchev–Trinajstić information content (AvgIpc) is 3.73. The molecule has 2 amide bonds. The Labute approximate surface area is 245 Å². The van der Waals surface area contributed by atoms with E-state index in [1.807, 2.05) is 0 Å². The van der Waals surface area contributed by atoms with Gasteiger partial charge in [-0.3, -0.25) is 9.69 Å². The van der Waals surface area contributed by atoms with E-state index < -0.39 is 23.3 Å². The van der Waals surface area contributed by atoms with Crippen LogP contribution in [0.2, 0.25) is 0 Å². The van der Waals surface area contributed by atoms with Gasteiger partial charge in [0.05, 0.1) is 12.7 Å². The molecule has 3 aromatic rings. The normalized spacial score (nSPS) is 19.5. The zero-order valence-electron chi connectivity index (χ0n) is 23.8. The number of hydrogen-bond acceptors (Lipinski definition) is 10. The molecular formula is C28H34F2N8O5. The molecule has 1 unspecified atom stereocenters. The molecule has 1 spiro atoms. The van der Waals surface area contributed by atoms with E-state index in [-0.39, 0.29) is 53.6 Å². The van der Waals surface area contributed by atoms with Crippen LogP contribution in [-0.4, -0.2) is 94.0 Å². The van der Waals surface area contributed by atoms with Gasteiger partial charge in [0.2, 0.25) is 0 Å². The summed E-state index contributed by atoms with van der Waals surface area (Å²) in [6.45, 7) is 2.19. The van der Waals surface area contributed by atoms with Crippen LogP contribution in [0.1, 0.15) is 36.2 Å². The third-order valence-electron chi connectivity index (χ3n) is 8.49. The first kappa shape index (κ1) is 29.1. The van der Waals surface area contributed by atoms with Crippen LogP contribution >= 0.6 is 0 Å². The summed E-state index contributed by atoms with van der Waals surface area (Å²) in [7, 11) is 1.50. The standard InChI is InChI=1S/C27H29F2N7O5.CH5N/c28-20-15-8-14(9-16(15)21(29)23-22(20)31-17(32-23)2-1-7-37)11-35-5-3-27(4-6-35)13-36(26(39)41-27)18-10-30-25-24(33-18)34-19(38)12-40-25;1-2/h10,14,37H,1-9,11-13H2,(H,31,32)(H,33,34,38);2H2,1H3. The van der Waals surface area contributed by atoms with Crippen molar-refractivity contribution >= 4 is 34.7 Å². The number of halogens is 2. The number of carbonyl (C=O) groups is 2. The molecule has 3 aliphatic heterocycles. The number of H-pyrrole nitrogens is 1. The number of aryl methyl sites for hydroxylation is 1. The topological polar surface area (TPSA) is 172 Å². The van der Waals surface area contributed by atoms with Crippen molar-refractivity contribution in [2.45, 2.75) is 44.1 Å². The van der Waals surface area contributed by atoms with E-state index in [9.17, 15) is 9.59 Å². The number of nitrogens with one attached hydrogen (secondary N) is 2. The Balaban J connectivity index is 0.00000161. The highest BCUT2D eigenvalue weighted by Crippen LogP contribution is 2.39. The molecule has 5 heterocycles. The first-order valence-electron chi connectivity index (χ1n) is 14.4. The Morgan fingerprint density at radius 1 is 1.14 bits per heavy atom. The first-order valence-corrected chi connectivity index (χ1v) is 14.4. The van der Waals surface area contributed by atoms with E-state index in [2.05, 4.69) is 35.9 Å². The van der Waals surface area contributed by atoms with E-state index in [1.54, 1.807) is 0 Å². The molecule has 1 atom stereocenters. The Hall–Kier alpha value is -3.95. The number of aliphatic hydroxyl groups is 1. The maximum atomic E-state index is 15.4. The number of ether oxygens (including phenoxy) is 2. The predicted molar refractivity (Wildman–Crippen MR) is 151 cm³/mol. The zero-order valence-corrected chi connectivity index (χ0v) is 23.8. The molecule has 2 aromatic heterocycles. The molecule has 4 aliphatic rings. The fourth-order valence-corrected chi connectivity index (χ4v) is 6.42. The van der Waals surface area contributed by atoms with E-state index in [0.717, 1.165) is 0 Å². The van der Waals surface area contributed by atoms with Gasteiger partial charge in [-0.2, -0.15) is 0 Å². The minimum Gasteiger partial charge on any atom is -0.465 e. The van der Waals surface area contributed by atoms with Crippen LogP contribution < -0.4 is 20.7 Å². The van der Waals surface area contributed by atoms with Gasteiger partial charge in [-0.05, 0) is 43.4 Å². The lowest BCUT2D eigenvalue weighted by Gasteiger charge is -2.38. The molecule has 1 aromatic carbocycles. The van der Waals surface area contributed by atoms with Gasteiger partial charge in [0.1, 0.15) is 22.5 Å². The van der Waals surface area contributed by atoms with Crippen molar-refractivity contribution in [1.82, 2.24) is 24.8 Å². The molecular weight excluding hydrogens is 566 g/mol. The second-order valence-electron chi connectivity index (χ2n) is 11.3. The molecule has 15 heteroatoms. The molecule has 0 radical (unpaired) electrons. The highest BCUT2D eigenvalue weighted by molar-refractivity contribution is 5.94. The summed E-state index contributed by atoms with van der Waals surface area (Å²) >= 11 is 0. The Bertz CT molecular complexity index is 1510. The number of piperidine rings is 1. The highest BCUT2D eigenvalue weighted by Gasteiger charge is 2.48. The van der Waals surface area contributed by atoms with Crippen LogP contribution in [0.15, 0.2) is 6.20 Å². The molecule has 0 bridgehead atoms. The monoisotopic (exact) mass is 600 g/mol. The van der Waals surface area contributed by atoms with Gasteiger partial charge < -0.3 is 35.5 Å². The van der Waals surface area contributed by atoms with Crippen molar-refractivity contribution in [3.63, 3.8) is 0 Å². The number of aliphatic hydroxyl groups excluding tert-OH is 1. The lowest BCUT2D eigenvalue weighted by atomic mass is 9.90. The SMILES string of the molecule is CN.O=C1COc2ncc(N3CC4(CCN(CC5Cc6c(c(F)c7[nH]c(CCCO)nc7c6F)C5)CC4)OC3=O)nc2N1. The smallest absolute Gasteiger partial charge is 0.416 e. The maximum Gasteiger partial charge on any atom is 0.416 e. The average molecular weight is 601 g/mol. The van der Waals surface area contributed by atoms with E-state index in [1.165, 1.54) is 18.1 Å². The number of nitrogens with zero attached hydrogens (tertiary/aromatic N) is 5. The Kier molecular flexibility index (Phi) is 7.87. The van der Waals surface area contributed by atoms with Crippen LogP contribution in [0.4, 0.5) is 25.2 Å². The van der Waals surface area contributed by atoms with Crippen LogP contribution in [0.5, 0.6) is 5.88 Å². The van der Waals surface area contributed by atoms with Crippen molar-refractivity contribution in [3.8, 4) is 5.88 Å². The molecule has 43 heavy (non-hydrogen) atoms. The second-order valence-corrected chi connectivity index (χ2v) is 11.3. The van der Waals surface area contributed by atoms with Gasteiger partial charge in [0, 0.05) is 45.5 Å². The number of aromatic amines is 1. The van der Waals surface area contributed by atoms with E-state index in [4.69, 9.17) is 14.6 Å². The van der Waals surface area contributed by atoms with Crippen molar-refractivity contribution in [2.75, 3.05) is 56.7 Å². The number of imidazole rings is 1. The summed E-state index contributed by atoms with van der Waals surface area (Å²) in [4.78, 5) is 43.8. The number of aromatic nitrogens is 4. The third kappa shape index (κ3) is 5.36. The fraction of sp³-hybridized carbons (Fsp3) is 0.536.